The van der Waals surface area contributed by atoms with Gasteiger partial charge < -0.3 is 4.74 Å². The number of rotatable bonds is 5. The fraction of sp³-hybridized carbons (Fsp3) is 0.176. The third kappa shape index (κ3) is 4.81. The first-order valence-corrected chi connectivity index (χ1v) is 9.74. The van der Waals surface area contributed by atoms with E-state index in [0.717, 1.165) is 12.3 Å². The maximum atomic E-state index is 12.3. The van der Waals surface area contributed by atoms with Crippen molar-refractivity contribution < 1.29 is 22.7 Å². The van der Waals surface area contributed by atoms with Crippen LogP contribution in [0.3, 0.4) is 0 Å². The first-order valence-electron chi connectivity index (χ1n) is 7.10. The summed E-state index contributed by atoms with van der Waals surface area (Å²) in [5, 5.41) is 0.508. The van der Waals surface area contributed by atoms with Gasteiger partial charge in [-0.2, -0.15) is 0 Å². The SMILES string of the molecule is CC(OC(=O)c1cc(S(C)(=O)=O)ccc1Cl)C(=O)c1ccc(Cl)cc1. The number of halogens is 2. The highest BCUT2D eigenvalue weighted by molar-refractivity contribution is 7.90. The molecular formula is C17H14Cl2O5S. The molecule has 0 saturated heterocycles. The summed E-state index contributed by atoms with van der Waals surface area (Å²) in [4.78, 5) is 24.5. The second-order valence-electron chi connectivity index (χ2n) is 5.33. The van der Waals surface area contributed by atoms with Crippen molar-refractivity contribution in [3.8, 4) is 0 Å². The van der Waals surface area contributed by atoms with Crippen LogP contribution < -0.4 is 0 Å². The van der Waals surface area contributed by atoms with Crippen LogP contribution in [0, 0.1) is 0 Å². The van der Waals surface area contributed by atoms with Gasteiger partial charge in [-0.1, -0.05) is 23.2 Å². The van der Waals surface area contributed by atoms with Crippen LogP contribution in [0.5, 0.6) is 0 Å². The van der Waals surface area contributed by atoms with Crippen LogP contribution in [0.4, 0.5) is 0 Å². The Hall–Kier alpha value is -1.89. The third-order valence-corrected chi connectivity index (χ3v) is 5.06. The lowest BCUT2D eigenvalue weighted by Crippen LogP contribution is -2.24. The van der Waals surface area contributed by atoms with Gasteiger partial charge in [-0.15, -0.1) is 0 Å². The second-order valence-corrected chi connectivity index (χ2v) is 8.19. The molecule has 25 heavy (non-hydrogen) atoms. The zero-order chi connectivity index (χ0) is 18.8. The van der Waals surface area contributed by atoms with Gasteiger partial charge in [0.25, 0.3) is 0 Å². The lowest BCUT2D eigenvalue weighted by molar-refractivity contribution is 0.0318. The minimum atomic E-state index is -3.51. The Morgan fingerprint density at radius 1 is 1.04 bits per heavy atom. The molecule has 0 aliphatic carbocycles. The van der Waals surface area contributed by atoms with E-state index in [1.54, 1.807) is 12.1 Å². The zero-order valence-electron chi connectivity index (χ0n) is 13.3. The molecule has 1 atom stereocenters. The highest BCUT2D eigenvalue weighted by atomic mass is 35.5. The average molecular weight is 401 g/mol. The molecule has 0 aliphatic rings. The topological polar surface area (TPSA) is 77.5 Å². The van der Waals surface area contributed by atoms with Crippen LogP contribution in [-0.4, -0.2) is 32.5 Å². The Morgan fingerprint density at radius 3 is 2.20 bits per heavy atom. The predicted octanol–water partition coefficient (Wildman–Crippen LogP) is 3.83. The minimum absolute atomic E-state index is 0.0311. The number of esters is 1. The number of hydrogen-bond donors (Lipinski definition) is 0. The van der Waals surface area contributed by atoms with Crippen LogP contribution in [0.1, 0.15) is 27.6 Å². The summed E-state index contributed by atoms with van der Waals surface area (Å²) in [5.74, 6) is -1.30. The fourth-order valence-corrected chi connectivity index (χ4v) is 2.99. The molecule has 2 aromatic carbocycles. The highest BCUT2D eigenvalue weighted by Gasteiger charge is 2.23. The monoisotopic (exact) mass is 400 g/mol. The van der Waals surface area contributed by atoms with E-state index in [9.17, 15) is 18.0 Å². The van der Waals surface area contributed by atoms with Gasteiger partial charge in [0.15, 0.2) is 15.9 Å². The summed E-state index contributed by atoms with van der Waals surface area (Å²) >= 11 is 11.7. The molecule has 0 saturated carbocycles. The Balaban J connectivity index is 2.21. The van der Waals surface area contributed by atoms with Gasteiger partial charge in [-0.25, -0.2) is 13.2 Å². The molecule has 8 heteroatoms. The average Bonchev–Trinajstić information content (AvgIpc) is 2.54. The van der Waals surface area contributed by atoms with E-state index in [0.29, 0.717) is 10.6 Å². The summed E-state index contributed by atoms with van der Waals surface area (Å²) in [7, 11) is -3.51. The zero-order valence-corrected chi connectivity index (χ0v) is 15.7. The Morgan fingerprint density at radius 2 is 1.64 bits per heavy atom. The fourth-order valence-electron chi connectivity index (χ4n) is 2.02. The van der Waals surface area contributed by atoms with E-state index in [2.05, 4.69) is 0 Å². The number of benzene rings is 2. The molecule has 1 unspecified atom stereocenters. The van der Waals surface area contributed by atoms with Crippen LogP contribution in [0.25, 0.3) is 0 Å². The maximum absolute atomic E-state index is 12.3. The minimum Gasteiger partial charge on any atom is -0.451 e. The summed E-state index contributed by atoms with van der Waals surface area (Å²) in [6, 6.07) is 9.85. The van der Waals surface area contributed by atoms with Gasteiger partial charge in [-0.05, 0) is 49.4 Å². The number of carbonyl (C=O) groups is 2. The van der Waals surface area contributed by atoms with E-state index in [4.69, 9.17) is 27.9 Å². The van der Waals surface area contributed by atoms with E-state index in [1.807, 2.05) is 0 Å². The van der Waals surface area contributed by atoms with Crippen molar-refractivity contribution in [3.63, 3.8) is 0 Å². The molecule has 0 radical (unpaired) electrons. The van der Waals surface area contributed by atoms with E-state index in [1.165, 1.54) is 31.2 Å². The van der Waals surface area contributed by atoms with Crippen molar-refractivity contribution in [2.75, 3.05) is 6.26 Å². The van der Waals surface area contributed by atoms with Gasteiger partial charge in [-0.3, -0.25) is 4.79 Å². The number of carbonyl (C=O) groups excluding carboxylic acids is 2. The van der Waals surface area contributed by atoms with Gasteiger partial charge in [0.05, 0.1) is 15.5 Å². The second kappa shape index (κ2) is 7.56. The smallest absolute Gasteiger partial charge is 0.340 e. The van der Waals surface area contributed by atoms with Crippen LogP contribution in [0.2, 0.25) is 10.0 Å². The first-order chi connectivity index (χ1) is 11.6. The number of ether oxygens (including phenoxy) is 1. The Labute approximate surface area is 155 Å². The normalized spacial score (nSPS) is 12.5. The maximum Gasteiger partial charge on any atom is 0.340 e. The molecule has 0 heterocycles. The molecule has 0 bridgehead atoms. The molecule has 2 rings (SSSR count). The van der Waals surface area contributed by atoms with Gasteiger partial charge >= 0.3 is 5.97 Å². The lowest BCUT2D eigenvalue weighted by atomic mass is 10.1. The van der Waals surface area contributed by atoms with Crippen LogP contribution in [-0.2, 0) is 14.6 Å². The molecule has 0 aromatic heterocycles. The standard InChI is InChI=1S/C17H14Cl2O5S/c1-10(16(20)11-3-5-12(18)6-4-11)24-17(21)14-9-13(25(2,22)23)7-8-15(14)19/h3-10H,1-2H3. The summed E-state index contributed by atoms with van der Waals surface area (Å²) in [5.41, 5.74) is 0.209. The van der Waals surface area contributed by atoms with E-state index >= 15 is 0 Å². The molecule has 5 nitrogen and oxygen atoms in total. The van der Waals surface area contributed by atoms with E-state index in [-0.39, 0.29) is 15.5 Å². The largest absolute Gasteiger partial charge is 0.451 e. The van der Waals surface area contributed by atoms with E-state index < -0.39 is 27.7 Å². The summed E-state index contributed by atoms with van der Waals surface area (Å²) in [6.45, 7) is 1.42. The number of ketones is 1. The van der Waals surface area contributed by atoms with Gasteiger partial charge in [0, 0.05) is 16.8 Å². The molecule has 0 fully saturated rings. The molecule has 0 aliphatic heterocycles. The van der Waals surface area contributed by atoms with Crippen molar-refractivity contribution in [1.82, 2.24) is 0 Å². The molecule has 132 valence electrons. The van der Waals surface area contributed by atoms with Crippen molar-refractivity contribution in [3.05, 3.63) is 63.6 Å². The third-order valence-electron chi connectivity index (χ3n) is 3.37. The van der Waals surface area contributed by atoms with Crippen molar-refractivity contribution in [2.45, 2.75) is 17.9 Å². The Kier molecular flexibility index (Phi) is 5.87. The molecule has 0 amide bonds. The van der Waals surface area contributed by atoms with Crippen molar-refractivity contribution >= 4 is 44.8 Å². The number of sulfone groups is 1. The predicted molar refractivity (Wildman–Crippen MR) is 95.2 cm³/mol. The molecule has 2 aromatic rings. The summed E-state index contributed by atoms with van der Waals surface area (Å²) < 4.78 is 28.3. The van der Waals surface area contributed by atoms with Crippen LogP contribution in [0.15, 0.2) is 47.4 Å². The molecule has 0 spiro atoms. The van der Waals surface area contributed by atoms with Crippen LogP contribution >= 0.6 is 23.2 Å². The highest BCUT2D eigenvalue weighted by Crippen LogP contribution is 2.22. The summed E-state index contributed by atoms with van der Waals surface area (Å²) in [6.07, 6.45) is -0.0653. The van der Waals surface area contributed by atoms with Gasteiger partial charge in [0.2, 0.25) is 5.78 Å². The lowest BCUT2D eigenvalue weighted by Gasteiger charge is -2.13. The van der Waals surface area contributed by atoms with Gasteiger partial charge in [0.1, 0.15) is 0 Å². The molecular weight excluding hydrogens is 387 g/mol. The molecule has 0 N–H and O–H groups in total. The van der Waals surface area contributed by atoms with Crippen molar-refractivity contribution in [1.29, 1.82) is 0 Å². The Bertz CT molecular complexity index is 921. The number of Topliss-reactive ketones (excluding diaryl/α,β-unsaturated/α-hetero) is 1. The van der Waals surface area contributed by atoms with Crippen molar-refractivity contribution in [2.24, 2.45) is 0 Å². The quantitative estimate of drug-likeness (QED) is 0.562. The number of hydrogen-bond acceptors (Lipinski definition) is 5. The first kappa shape index (κ1) is 19.4.